The van der Waals surface area contributed by atoms with Crippen LogP contribution in [-0.2, 0) is 6.18 Å². The Hall–Kier alpha value is -2.43. The van der Waals surface area contributed by atoms with Crippen LogP contribution in [0.15, 0.2) is 42.5 Å². The van der Waals surface area contributed by atoms with Gasteiger partial charge in [0.25, 0.3) is 0 Å². The van der Waals surface area contributed by atoms with E-state index in [1.54, 1.807) is 6.07 Å². The zero-order chi connectivity index (χ0) is 16.6. The largest absolute Gasteiger partial charge is 0.418 e. The molecule has 1 unspecified atom stereocenters. The molecule has 1 aliphatic rings. The van der Waals surface area contributed by atoms with Crippen molar-refractivity contribution in [3.8, 4) is 0 Å². The normalized spacial score (nSPS) is 18.1. The number of allylic oxidation sites excluding steroid dienone is 4. The number of aldehydes is 1. The standard InChI is InChI=1S/C18H14F3NO/c1-11-5-7-12(8-6-11)16-9-13(10-23)14-3-2-4-15(17(14)22-16)18(19,20)21/h2-5,7-11H,6H2,1H3. The number of nitrogens with zero attached hydrogens (tertiary/aromatic N) is 1. The number of hydrogen-bond donors (Lipinski definition) is 0. The third kappa shape index (κ3) is 2.91. The molecule has 2 aromatic rings. The maximum atomic E-state index is 13.2. The lowest BCUT2D eigenvalue weighted by molar-refractivity contribution is -0.136. The van der Waals surface area contributed by atoms with E-state index >= 15 is 0 Å². The Morgan fingerprint density at radius 2 is 2.09 bits per heavy atom. The summed E-state index contributed by atoms with van der Waals surface area (Å²) in [7, 11) is 0. The number of benzene rings is 1. The van der Waals surface area contributed by atoms with Crippen LogP contribution in [0.25, 0.3) is 16.5 Å². The van der Waals surface area contributed by atoms with Crippen molar-refractivity contribution < 1.29 is 18.0 Å². The van der Waals surface area contributed by atoms with E-state index < -0.39 is 11.7 Å². The monoisotopic (exact) mass is 317 g/mol. The summed E-state index contributed by atoms with van der Waals surface area (Å²) < 4.78 is 39.7. The van der Waals surface area contributed by atoms with Crippen molar-refractivity contribution in [2.45, 2.75) is 19.5 Å². The second-order valence-electron chi connectivity index (χ2n) is 5.65. The van der Waals surface area contributed by atoms with Crippen molar-refractivity contribution in [3.63, 3.8) is 0 Å². The number of hydrogen-bond acceptors (Lipinski definition) is 2. The van der Waals surface area contributed by atoms with Crippen LogP contribution in [-0.4, -0.2) is 11.3 Å². The van der Waals surface area contributed by atoms with E-state index in [-0.39, 0.29) is 16.5 Å². The van der Waals surface area contributed by atoms with Crippen molar-refractivity contribution in [3.05, 3.63) is 59.3 Å². The molecule has 0 saturated heterocycles. The predicted molar refractivity (Wildman–Crippen MR) is 83.0 cm³/mol. The summed E-state index contributed by atoms with van der Waals surface area (Å²) in [4.78, 5) is 15.5. The third-order valence-corrected chi connectivity index (χ3v) is 3.91. The van der Waals surface area contributed by atoms with E-state index in [0.717, 1.165) is 18.1 Å². The molecule has 0 N–H and O–H groups in total. The number of fused-ring (bicyclic) bond motifs is 1. The Labute approximate surface area is 131 Å². The smallest absolute Gasteiger partial charge is 0.298 e. The Kier molecular flexibility index (Phi) is 3.80. The van der Waals surface area contributed by atoms with E-state index in [1.807, 2.05) is 18.2 Å². The van der Waals surface area contributed by atoms with Crippen LogP contribution in [0.1, 0.15) is 35.0 Å². The van der Waals surface area contributed by atoms with Gasteiger partial charge in [-0.2, -0.15) is 13.2 Å². The number of pyridine rings is 1. The van der Waals surface area contributed by atoms with E-state index in [0.29, 0.717) is 17.9 Å². The number of alkyl halides is 3. The summed E-state index contributed by atoms with van der Waals surface area (Å²) in [6.45, 7) is 2.05. The van der Waals surface area contributed by atoms with Gasteiger partial charge < -0.3 is 0 Å². The molecule has 0 aliphatic heterocycles. The molecule has 0 saturated carbocycles. The number of carbonyl (C=O) groups excluding carboxylic acids is 1. The van der Waals surface area contributed by atoms with E-state index in [2.05, 4.69) is 11.9 Å². The van der Waals surface area contributed by atoms with Crippen molar-refractivity contribution in [2.75, 3.05) is 0 Å². The van der Waals surface area contributed by atoms with Gasteiger partial charge in [-0.25, -0.2) is 4.98 Å². The number of carbonyl (C=O) groups is 1. The highest BCUT2D eigenvalue weighted by Gasteiger charge is 2.33. The van der Waals surface area contributed by atoms with Gasteiger partial charge in [-0.05, 0) is 30.0 Å². The Morgan fingerprint density at radius 3 is 2.70 bits per heavy atom. The van der Waals surface area contributed by atoms with Gasteiger partial charge in [-0.15, -0.1) is 0 Å². The molecule has 0 amide bonds. The van der Waals surface area contributed by atoms with Gasteiger partial charge in [0.1, 0.15) is 0 Å². The minimum Gasteiger partial charge on any atom is -0.298 e. The van der Waals surface area contributed by atoms with Gasteiger partial charge in [0.15, 0.2) is 6.29 Å². The minimum atomic E-state index is -4.52. The van der Waals surface area contributed by atoms with Crippen LogP contribution >= 0.6 is 0 Å². The molecule has 0 spiro atoms. The minimum absolute atomic E-state index is 0.187. The number of para-hydroxylation sites is 1. The fourth-order valence-electron chi connectivity index (χ4n) is 2.67. The molecule has 0 fully saturated rings. The second kappa shape index (κ2) is 5.65. The summed E-state index contributed by atoms with van der Waals surface area (Å²) in [6, 6.07) is 5.31. The van der Waals surface area contributed by atoms with Crippen LogP contribution in [0.5, 0.6) is 0 Å². The molecular formula is C18H14F3NO. The van der Waals surface area contributed by atoms with Gasteiger partial charge in [-0.1, -0.05) is 37.3 Å². The quantitative estimate of drug-likeness (QED) is 0.726. The molecule has 1 aliphatic carbocycles. The van der Waals surface area contributed by atoms with Gasteiger partial charge in [-0.3, -0.25) is 4.79 Å². The van der Waals surface area contributed by atoms with Crippen molar-refractivity contribution in [1.29, 1.82) is 0 Å². The Morgan fingerprint density at radius 1 is 1.30 bits per heavy atom. The molecular weight excluding hydrogens is 303 g/mol. The lowest BCUT2D eigenvalue weighted by atomic mass is 9.95. The molecule has 1 heterocycles. The first kappa shape index (κ1) is 15.5. The second-order valence-corrected chi connectivity index (χ2v) is 5.65. The van der Waals surface area contributed by atoms with Crippen molar-refractivity contribution in [1.82, 2.24) is 4.98 Å². The van der Waals surface area contributed by atoms with Crippen LogP contribution in [0.4, 0.5) is 13.2 Å². The van der Waals surface area contributed by atoms with Crippen molar-refractivity contribution in [2.24, 2.45) is 5.92 Å². The maximum Gasteiger partial charge on any atom is 0.418 e. The van der Waals surface area contributed by atoms with Crippen molar-refractivity contribution >= 4 is 22.8 Å². The SMILES string of the molecule is CC1C=CC(c2cc(C=O)c3cccc(C(F)(F)F)c3n2)=CC1. The molecule has 1 atom stereocenters. The Balaban J connectivity index is 2.26. The molecule has 1 aromatic carbocycles. The molecule has 118 valence electrons. The first-order valence-electron chi connectivity index (χ1n) is 7.25. The fourth-order valence-corrected chi connectivity index (χ4v) is 2.67. The van der Waals surface area contributed by atoms with Gasteiger partial charge in [0.05, 0.1) is 16.8 Å². The molecule has 0 radical (unpaired) electrons. The zero-order valence-corrected chi connectivity index (χ0v) is 12.4. The van der Waals surface area contributed by atoms with Gasteiger partial charge in [0, 0.05) is 10.9 Å². The molecule has 3 rings (SSSR count). The van der Waals surface area contributed by atoms with E-state index in [9.17, 15) is 18.0 Å². The van der Waals surface area contributed by atoms with E-state index in [4.69, 9.17) is 0 Å². The van der Waals surface area contributed by atoms with Crippen LogP contribution in [0, 0.1) is 5.92 Å². The summed E-state index contributed by atoms with van der Waals surface area (Å²) in [5, 5.41) is 0.215. The number of rotatable bonds is 2. The number of halogens is 3. The molecule has 5 heteroatoms. The Bertz CT molecular complexity index is 834. The third-order valence-electron chi connectivity index (χ3n) is 3.91. The van der Waals surface area contributed by atoms with Gasteiger partial charge >= 0.3 is 6.18 Å². The fraction of sp³-hybridized carbons (Fsp3) is 0.222. The highest BCUT2D eigenvalue weighted by molar-refractivity contribution is 5.99. The highest BCUT2D eigenvalue weighted by Crippen LogP contribution is 2.35. The first-order chi connectivity index (χ1) is 10.9. The maximum absolute atomic E-state index is 13.2. The summed E-state index contributed by atoms with van der Waals surface area (Å²) in [5.74, 6) is 0.385. The average Bonchev–Trinajstić information content (AvgIpc) is 2.53. The molecule has 23 heavy (non-hydrogen) atoms. The number of aromatic nitrogens is 1. The molecule has 1 aromatic heterocycles. The molecule has 2 nitrogen and oxygen atoms in total. The summed E-state index contributed by atoms with van der Waals surface area (Å²) >= 11 is 0. The topological polar surface area (TPSA) is 30.0 Å². The van der Waals surface area contributed by atoms with Gasteiger partial charge in [0.2, 0.25) is 0 Å². The predicted octanol–water partition coefficient (Wildman–Crippen LogP) is 5.05. The lowest BCUT2D eigenvalue weighted by Gasteiger charge is -2.15. The van der Waals surface area contributed by atoms with Crippen LogP contribution in [0.2, 0.25) is 0 Å². The van der Waals surface area contributed by atoms with Crippen LogP contribution < -0.4 is 0 Å². The zero-order valence-electron chi connectivity index (χ0n) is 12.4. The first-order valence-corrected chi connectivity index (χ1v) is 7.25. The summed E-state index contributed by atoms with van der Waals surface area (Å²) in [5.41, 5.74) is 0.328. The molecule has 0 bridgehead atoms. The summed E-state index contributed by atoms with van der Waals surface area (Å²) in [6.07, 6.45) is 2.61. The average molecular weight is 317 g/mol. The lowest BCUT2D eigenvalue weighted by Crippen LogP contribution is -2.08. The van der Waals surface area contributed by atoms with Crippen LogP contribution in [0.3, 0.4) is 0 Å². The highest BCUT2D eigenvalue weighted by atomic mass is 19.4. The van der Waals surface area contributed by atoms with E-state index in [1.165, 1.54) is 12.1 Å².